The van der Waals surface area contributed by atoms with Crippen LogP contribution in [-0.2, 0) is 26.2 Å². The molecule has 1 atom stereocenters. The molecule has 0 heterocycles. The second-order valence-electron chi connectivity index (χ2n) is 9.24. The summed E-state index contributed by atoms with van der Waals surface area (Å²) in [5.74, 6) is 0. The molecule has 0 spiro atoms. The Hall–Kier alpha value is -1.68. The van der Waals surface area contributed by atoms with Gasteiger partial charge in [0.05, 0.1) is 0 Å². The SMILES string of the molecule is CCP(CC)C1c2[c-]cccc2-c2ccccc21.[C-]1=C(B(c2ccccc2)c2ccccc2)CC=C1.[Cl-].[Cl-].[Zr+4]. The molecule has 4 aromatic rings. The maximum Gasteiger partial charge on any atom is 4.00 e. The number of benzene rings is 4. The number of fused-ring (bicyclic) bond motifs is 3. The number of halogens is 2. The van der Waals surface area contributed by atoms with E-state index in [0.717, 1.165) is 6.42 Å². The van der Waals surface area contributed by atoms with Crippen LogP contribution in [0.2, 0.25) is 0 Å². The number of hydrogen-bond donors (Lipinski definition) is 0. The van der Waals surface area contributed by atoms with Gasteiger partial charge in [0.1, 0.15) is 0 Å². The molecule has 0 saturated carbocycles. The van der Waals surface area contributed by atoms with Crippen molar-refractivity contribution in [3.8, 4) is 11.1 Å². The molecule has 0 N–H and O–H groups in total. The van der Waals surface area contributed by atoms with Gasteiger partial charge >= 0.3 is 26.2 Å². The quantitative estimate of drug-likeness (QED) is 0.170. The fraction of sp³-hybridized carbons (Fsp3) is 0.176. The van der Waals surface area contributed by atoms with Gasteiger partial charge in [0.15, 0.2) is 0 Å². The maximum atomic E-state index is 3.51. The summed E-state index contributed by atoms with van der Waals surface area (Å²) in [6.07, 6.45) is 11.2. The minimum absolute atomic E-state index is 0. The van der Waals surface area contributed by atoms with E-state index < -0.39 is 0 Å². The summed E-state index contributed by atoms with van der Waals surface area (Å²) >= 11 is 0. The van der Waals surface area contributed by atoms with Crippen LogP contribution in [0, 0.1) is 12.1 Å². The van der Waals surface area contributed by atoms with E-state index in [-0.39, 0.29) is 58.9 Å². The van der Waals surface area contributed by atoms with Crippen molar-refractivity contribution >= 4 is 25.6 Å². The smallest absolute Gasteiger partial charge is 1.00 e. The molecule has 0 aromatic heterocycles. The number of rotatable bonds is 6. The number of allylic oxidation sites excluding steroid dienone is 4. The van der Waals surface area contributed by atoms with Gasteiger partial charge in [0.25, 0.3) is 0 Å². The van der Waals surface area contributed by atoms with Crippen LogP contribution in [0.4, 0.5) is 0 Å². The monoisotopic (exact) mass is 642 g/mol. The van der Waals surface area contributed by atoms with Crippen molar-refractivity contribution in [3.05, 3.63) is 144 Å². The molecule has 0 nitrogen and oxygen atoms in total. The summed E-state index contributed by atoms with van der Waals surface area (Å²) in [5.41, 5.74) is 10.5. The molecule has 1 unspecified atom stereocenters. The van der Waals surface area contributed by atoms with E-state index in [2.05, 4.69) is 135 Å². The zero-order valence-corrected chi connectivity index (χ0v) is 27.3. The Bertz CT molecular complexity index is 1270. The van der Waals surface area contributed by atoms with Crippen LogP contribution >= 0.6 is 7.92 Å². The van der Waals surface area contributed by atoms with E-state index in [0.29, 0.717) is 12.4 Å². The molecule has 5 heteroatoms. The fourth-order valence-corrected chi connectivity index (χ4v) is 7.89. The van der Waals surface area contributed by atoms with Crippen LogP contribution in [0.25, 0.3) is 11.1 Å². The van der Waals surface area contributed by atoms with E-state index in [1.165, 1.54) is 51.0 Å². The van der Waals surface area contributed by atoms with Crippen LogP contribution in [0.3, 0.4) is 0 Å². The molecule has 0 bridgehead atoms. The Labute approximate surface area is 268 Å². The largest absolute Gasteiger partial charge is 4.00 e. The van der Waals surface area contributed by atoms with E-state index >= 15 is 0 Å². The molecule has 6 rings (SSSR count). The summed E-state index contributed by atoms with van der Waals surface area (Å²) in [6.45, 7) is 5.00. The van der Waals surface area contributed by atoms with Crippen LogP contribution in [0.15, 0.2) is 121 Å². The van der Waals surface area contributed by atoms with Gasteiger partial charge in [-0.25, -0.2) is 12.2 Å². The first-order valence-corrected chi connectivity index (χ1v) is 14.8. The van der Waals surface area contributed by atoms with Gasteiger partial charge in [0, 0.05) is 5.66 Å². The van der Waals surface area contributed by atoms with Gasteiger partial charge in [0.2, 0.25) is 6.71 Å². The zero-order chi connectivity index (χ0) is 24.7. The normalized spacial score (nSPS) is 13.9. The average molecular weight is 645 g/mol. The first-order chi connectivity index (χ1) is 17.8. The van der Waals surface area contributed by atoms with Crippen LogP contribution in [0.1, 0.15) is 37.1 Å². The minimum atomic E-state index is 0. The van der Waals surface area contributed by atoms with Crippen molar-refractivity contribution in [2.75, 3.05) is 12.3 Å². The van der Waals surface area contributed by atoms with E-state index in [1.807, 2.05) is 6.08 Å². The van der Waals surface area contributed by atoms with Crippen molar-refractivity contribution in [2.45, 2.75) is 25.9 Å². The van der Waals surface area contributed by atoms with E-state index in [4.69, 9.17) is 0 Å². The summed E-state index contributed by atoms with van der Waals surface area (Å²) < 4.78 is 0. The molecule has 0 amide bonds. The summed E-state index contributed by atoms with van der Waals surface area (Å²) in [4.78, 5) is 0. The Morgan fingerprint density at radius 2 is 1.31 bits per heavy atom. The van der Waals surface area contributed by atoms with Crippen molar-refractivity contribution in [1.82, 2.24) is 0 Å². The molecule has 0 fully saturated rings. The maximum absolute atomic E-state index is 3.51. The first-order valence-electron chi connectivity index (χ1n) is 13.0. The molecule has 2 aliphatic rings. The second kappa shape index (κ2) is 16.6. The van der Waals surface area contributed by atoms with Crippen LogP contribution in [-0.4, -0.2) is 19.0 Å². The van der Waals surface area contributed by atoms with Gasteiger partial charge in [-0.2, -0.15) is 29.7 Å². The predicted octanol–water partition coefficient (Wildman–Crippen LogP) is 1.61. The third kappa shape index (κ3) is 7.54. The van der Waals surface area contributed by atoms with Crippen molar-refractivity contribution in [3.63, 3.8) is 0 Å². The Kier molecular flexibility index (Phi) is 14.2. The molecule has 2 aliphatic carbocycles. The molecule has 4 aromatic carbocycles. The first kappa shape index (κ1) is 33.5. The van der Waals surface area contributed by atoms with Crippen molar-refractivity contribution in [2.24, 2.45) is 0 Å². The van der Waals surface area contributed by atoms with Crippen molar-refractivity contribution in [1.29, 1.82) is 0 Å². The molecule has 39 heavy (non-hydrogen) atoms. The van der Waals surface area contributed by atoms with Crippen LogP contribution in [0.5, 0.6) is 0 Å². The zero-order valence-electron chi connectivity index (χ0n) is 22.4. The standard InChI is InChI=1S/C17H14B.C17H18P.2ClH.Zr/c1-3-9-15(10-4-1)18(17-13-7-8-14-17)16-11-5-2-6-12-16;1-3-18(4-2)17-15-11-7-5-9-13(15)14-10-6-8-12-16(14)17;;;/h1-12H,13H2;5-11,17H,3-4H2,1-2H3;2*1H;/q2*-1;;;+4/p-2. The average Bonchev–Trinajstić information content (AvgIpc) is 3.59. The molecule has 0 aliphatic heterocycles. The molecular weight excluding hydrogens is 612 g/mol. The Morgan fingerprint density at radius 3 is 1.87 bits per heavy atom. The van der Waals surface area contributed by atoms with Crippen LogP contribution < -0.4 is 35.7 Å². The molecule has 194 valence electrons. The summed E-state index contributed by atoms with van der Waals surface area (Å²) in [5, 5.41) is 0. The predicted molar refractivity (Wildman–Crippen MR) is 159 cm³/mol. The van der Waals surface area contributed by atoms with Gasteiger partial charge in [-0.15, -0.1) is 17.5 Å². The molecule has 0 saturated heterocycles. The number of hydrogen-bond acceptors (Lipinski definition) is 0. The van der Waals surface area contributed by atoms with Gasteiger partial charge in [-0.1, -0.05) is 123 Å². The fourth-order valence-electron chi connectivity index (χ4n) is 5.51. The molecular formula is C34H32BCl2PZr. The van der Waals surface area contributed by atoms with Crippen molar-refractivity contribution < 1.29 is 51.0 Å². The summed E-state index contributed by atoms with van der Waals surface area (Å²) in [6, 6.07) is 40.2. The second-order valence-corrected chi connectivity index (χ2v) is 12.2. The molecule has 0 radical (unpaired) electrons. The van der Waals surface area contributed by atoms with Gasteiger partial charge in [-0.3, -0.25) is 6.08 Å². The topological polar surface area (TPSA) is 0 Å². The third-order valence-corrected chi connectivity index (χ3v) is 10.1. The van der Waals surface area contributed by atoms with Gasteiger partial charge in [-0.05, 0) is 17.9 Å². The van der Waals surface area contributed by atoms with Gasteiger partial charge < -0.3 is 24.8 Å². The minimum Gasteiger partial charge on any atom is -1.00 e. The summed E-state index contributed by atoms with van der Waals surface area (Å²) in [7, 11) is 0.0382. The van der Waals surface area contributed by atoms with E-state index in [9.17, 15) is 0 Å². The third-order valence-electron chi connectivity index (χ3n) is 7.22. The Morgan fingerprint density at radius 1 is 0.744 bits per heavy atom. The van der Waals surface area contributed by atoms with E-state index in [1.54, 1.807) is 0 Å². The Balaban J connectivity index is 0.000000254.